The first-order valence-corrected chi connectivity index (χ1v) is 12.2. The molecule has 2 aliphatic rings. The molecule has 35 heavy (non-hydrogen) atoms. The van der Waals surface area contributed by atoms with Crippen molar-refractivity contribution in [3.63, 3.8) is 0 Å². The van der Waals surface area contributed by atoms with E-state index in [4.69, 9.17) is 9.47 Å². The van der Waals surface area contributed by atoms with Crippen LogP contribution in [-0.2, 0) is 11.2 Å². The Labute approximate surface area is 222 Å². The van der Waals surface area contributed by atoms with Gasteiger partial charge in [0, 0.05) is 38.2 Å². The van der Waals surface area contributed by atoms with Crippen LogP contribution in [0.4, 0.5) is 5.69 Å². The topological polar surface area (TPSA) is 54.0 Å². The quantitative estimate of drug-likeness (QED) is 0.467. The van der Waals surface area contributed by atoms with E-state index in [0.717, 1.165) is 76.3 Å². The lowest BCUT2D eigenvalue weighted by Crippen LogP contribution is -2.46. The van der Waals surface area contributed by atoms with Gasteiger partial charge in [0.15, 0.2) is 0 Å². The second-order valence-electron chi connectivity index (χ2n) is 9.00. The lowest BCUT2D eigenvalue weighted by molar-refractivity contribution is -0.122. The van der Waals surface area contributed by atoms with Crippen LogP contribution in [0.3, 0.4) is 0 Å². The zero-order chi connectivity index (χ0) is 23.0. The monoisotopic (exact) mass is 523 g/mol. The van der Waals surface area contributed by atoms with E-state index in [-0.39, 0.29) is 36.8 Å². The van der Waals surface area contributed by atoms with E-state index in [2.05, 4.69) is 33.3 Å². The molecule has 8 heteroatoms. The van der Waals surface area contributed by atoms with Gasteiger partial charge in [-0.2, -0.15) is 0 Å². The molecule has 1 unspecified atom stereocenters. The van der Waals surface area contributed by atoms with Crippen LogP contribution in [0, 0.1) is 0 Å². The maximum absolute atomic E-state index is 12.6. The molecule has 194 valence electrons. The Morgan fingerprint density at radius 3 is 2.40 bits per heavy atom. The predicted octanol–water partition coefficient (Wildman–Crippen LogP) is 5.03. The number of methoxy groups -OCH3 is 2. The van der Waals surface area contributed by atoms with Crippen molar-refractivity contribution in [3.05, 3.63) is 53.6 Å². The number of benzene rings is 2. The highest BCUT2D eigenvalue weighted by molar-refractivity contribution is 5.85. The first kappa shape index (κ1) is 29.1. The van der Waals surface area contributed by atoms with Gasteiger partial charge in [0.25, 0.3) is 0 Å². The van der Waals surface area contributed by atoms with E-state index in [1.165, 1.54) is 16.8 Å². The van der Waals surface area contributed by atoms with Crippen LogP contribution in [0.5, 0.6) is 11.5 Å². The number of carbonyl (C=O) groups excluding carboxylic acids is 1. The van der Waals surface area contributed by atoms with Gasteiger partial charge in [0.2, 0.25) is 5.91 Å². The van der Waals surface area contributed by atoms with Gasteiger partial charge < -0.3 is 19.7 Å². The van der Waals surface area contributed by atoms with Crippen LogP contribution in [0.15, 0.2) is 42.5 Å². The smallest absolute Gasteiger partial charge is 0.220 e. The maximum atomic E-state index is 12.6. The number of nitrogens with one attached hydrogen (secondary N) is 1. The van der Waals surface area contributed by atoms with Crippen molar-refractivity contribution >= 4 is 36.4 Å². The average molecular weight is 525 g/mol. The van der Waals surface area contributed by atoms with Crippen molar-refractivity contribution in [1.82, 2.24) is 10.2 Å². The van der Waals surface area contributed by atoms with E-state index in [1.54, 1.807) is 14.2 Å². The molecular weight excluding hydrogens is 485 g/mol. The summed E-state index contributed by atoms with van der Waals surface area (Å²) in [7, 11) is 3.44. The third-order valence-electron chi connectivity index (χ3n) is 6.93. The Morgan fingerprint density at radius 1 is 0.943 bits per heavy atom. The average Bonchev–Trinajstić information content (AvgIpc) is 2.86. The van der Waals surface area contributed by atoms with E-state index in [1.807, 2.05) is 24.3 Å². The molecule has 4 rings (SSSR count). The molecule has 2 aromatic rings. The Bertz CT molecular complexity index is 921. The third-order valence-corrected chi connectivity index (χ3v) is 6.93. The summed E-state index contributed by atoms with van der Waals surface area (Å²) in [4.78, 5) is 17.6. The normalized spacial score (nSPS) is 17.4. The van der Waals surface area contributed by atoms with Crippen LogP contribution >= 0.6 is 24.8 Å². The Balaban J connectivity index is 0.00000216. The summed E-state index contributed by atoms with van der Waals surface area (Å²) < 4.78 is 11.1. The summed E-state index contributed by atoms with van der Waals surface area (Å²) in [6, 6.07) is 14.5. The fraction of sp³-hybridized carbons (Fsp3) is 0.519. The number of para-hydroxylation sites is 2. The van der Waals surface area contributed by atoms with E-state index in [0.29, 0.717) is 6.42 Å². The van der Waals surface area contributed by atoms with Gasteiger partial charge in [0.05, 0.1) is 25.9 Å². The van der Waals surface area contributed by atoms with Gasteiger partial charge in [-0.3, -0.25) is 9.69 Å². The summed E-state index contributed by atoms with van der Waals surface area (Å²) in [6.45, 7) is 5.15. The van der Waals surface area contributed by atoms with Crippen molar-refractivity contribution in [1.29, 1.82) is 0 Å². The zero-order valence-electron chi connectivity index (χ0n) is 20.8. The Hall–Kier alpha value is -2.15. The van der Waals surface area contributed by atoms with Crippen LogP contribution in [0.1, 0.15) is 49.3 Å². The lowest BCUT2D eigenvalue weighted by atomic mass is 9.87. The number of carbonyl (C=O) groups is 1. The minimum atomic E-state index is 0. The maximum Gasteiger partial charge on any atom is 0.220 e. The molecular formula is C27H39Cl2N3O3. The fourth-order valence-electron chi connectivity index (χ4n) is 5.16. The third kappa shape index (κ3) is 7.42. The molecule has 2 aromatic carbocycles. The van der Waals surface area contributed by atoms with Crippen LogP contribution in [0.25, 0.3) is 0 Å². The van der Waals surface area contributed by atoms with Gasteiger partial charge in [-0.15, -0.1) is 24.8 Å². The number of amides is 1. The first-order chi connectivity index (χ1) is 16.2. The van der Waals surface area contributed by atoms with E-state index in [9.17, 15) is 4.79 Å². The second kappa shape index (κ2) is 14.4. The van der Waals surface area contributed by atoms with Gasteiger partial charge in [-0.1, -0.05) is 24.3 Å². The second-order valence-corrected chi connectivity index (χ2v) is 9.00. The number of fused-ring (bicyclic) bond motifs is 1. The van der Waals surface area contributed by atoms with E-state index >= 15 is 0 Å². The van der Waals surface area contributed by atoms with E-state index < -0.39 is 0 Å². The fourth-order valence-corrected chi connectivity index (χ4v) is 5.16. The number of aryl methyl sites for hydroxylation is 1. The van der Waals surface area contributed by atoms with Crippen molar-refractivity contribution < 1.29 is 14.3 Å². The number of unbranched alkanes of at least 4 members (excludes halogenated alkanes) is 1. The summed E-state index contributed by atoms with van der Waals surface area (Å²) in [5.74, 6) is 1.99. The Morgan fingerprint density at radius 2 is 1.66 bits per heavy atom. The summed E-state index contributed by atoms with van der Waals surface area (Å²) >= 11 is 0. The molecule has 1 aliphatic heterocycles. The summed E-state index contributed by atoms with van der Waals surface area (Å²) in [5.41, 5.74) is 3.66. The SMILES string of the molecule is COc1ccccc1N1CCN(CCCCC(=O)NC2CCCc3cccc(OC)c32)CC1.Cl.Cl. The highest BCUT2D eigenvalue weighted by atomic mass is 35.5. The van der Waals surface area contributed by atoms with Crippen LogP contribution in [0.2, 0.25) is 0 Å². The minimum Gasteiger partial charge on any atom is -0.496 e. The summed E-state index contributed by atoms with van der Waals surface area (Å²) in [5, 5.41) is 3.27. The highest BCUT2D eigenvalue weighted by Crippen LogP contribution is 2.36. The number of halogens is 2. The molecule has 0 aromatic heterocycles. The van der Waals surface area contributed by atoms with Crippen molar-refractivity contribution in [3.8, 4) is 11.5 Å². The molecule has 6 nitrogen and oxygen atoms in total. The van der Waals surface area contributed by atoms with Crippen molar-refractivity contribution in [2.45, 2.75) is 44.6 Å². The summed E-state index contributed by atoms with van der Waals surface area (Å²) in [6.07, 6.45) is 5.70. The highest BCUT2D eigenvalue weighted by Gasteiger charge is 2.25. The molecule has 0 spiro atoms. The number of rotatable bonds is 9. The molecule has 0 bridgehead atoms. The molecule has 1 N–H and O–H groups in total. The first-order valence-electron chi connectivity index (χ1n) is 12.2. The molecule has 1 amide bonds. The molecule has 1 aliphatic carbocycles. The number of anilines is 1. The molecule has 0 radical (unpaired) electrons. The van der Waals surface area contributed by atoms with Crippen molar-refractivity contribution in [2.75, 3.05) is 51.8 Å². The Kier molecular flexibility index (Phi) is 12.0. The standard InChI is InChI=1S/C27H37N3O3.2ClH/c1-32-24-13-4-3-12-23(24)30-19-17-29(18-20-30)16-6-5-15-26(31)28-22-11-7-9-21-10-8-14-25(33-2)27(21)22;;/h3-4,8,10,12-14,22H,5-7,9,11,15-20H2,1-2H3,(H,28,31);2*1H. The molecule has 0 saturated carbocycles. The number of hydrogen-bond acceptors (Lipinski definition) is 5. The molecule has 1 atom stereocenters. The number of piperazine rings is 1. The van der Waals surface area contributed by atoms with Gasteiger partial charge in [-0.25, -0.2) is 0 Å². The van der Waals surface area contributed by atoms with Crippen LogP contribution < -0.4 is 19.7 Å². The van der Waals surface area contributed by atoms with Gasteiger partial charge in [-0.05, 0) is 62.4 Å². The number of nitrogens with zero attached hydrogens (tertiary/aromatic N) is 2. The van der Waals surface area contributed by atoms with Gasteiger partial charge >= 0.3 is 0 Å². The largest absolute Gasteiger partial charge is 0.496 e. The minimum absolute atomic E-state index is 0. The predicted molar refractivity (Wildman–Crippen MR) is 147 cm³/mol. The molecule has 1 saturated heterocycles. The van der Waals surface area contributed by atoms with Crippen LogP contribution in [-0.4, -0.2) is 57.8 Å². The van der Waals surface area contributed by atoms with Gasteiger partial charge in [0.1, 0.15) is 11.5 Å². The van der Waals surface area contributed by atoms with Crippen molar-refractivity contribution in [2.24, 2.45) is 0 Å². The number of hydrogen-bond donors (Lipinski definition) is 1. The molecule has 1 heterocycles. The molecule has 1 fully saturated rings. The lowest BCUT2D eigenvalue weighted by Gasteiger charge is -2.36. The zero-order valence-corrected chi connectivity index (χ0v) is 22.5. The number of ether oxygens (including phenoxy) is 2.